The number of nitrogens with zero attached hydrogens (tertiary/aromatic N) is 6. The molecule has 132 valence electrons. The van der Waals surface area contributed by atoms with Crippen LogP contribution in [0.25, 0.3) is 17.1 Å². The molecule has 2 aromatic carbocycles. The van der Waals surface area contributed by atoms with Crippen molar-refractivity contribution in [3.8, 4) is 17.1 Å². The number of rotatable bonds is 4. The molecule has 0 atom stereocenters. The monoisotopic (exact) mass is 377 g/mol. The normalized spacial score (nSPS) is 10.6. The molecule has 0 aliphatic heterocycles. The van der Waals surface area contributed by atoms with Crippen molar-refractivity contribution in [1.82, 2.24) is 30.2 Å². The van der Waals surface area contributed by atoms with Crippen molar-refractivity contribution in [3.63, 3.8) is 0 Å². The summed E-state index contributed by atoms with van der Waals surface area (Å²) < 4.78 is 1.39. The first kappa shape index (κ1) is 16.8. The smallest absolute Gasteiger partial charge is 0.257 e. The molecule has 0 spiro atoms. The van der Waals surface area contributed by atoms with Crippen LogP contribution in [0.15, 0.2) is 67.3 Å². The van der Waals surface area contributed by atoms with Gasteiger partial charge in [0.15, 0.2) is 5.82 Å². The van der Waals surface area contributed by atoms with E-state index >= 15 is 0 Å². The highest BCUT2D eigenvalue weighted by molar-refractivity contribution is 6.31. The van der Waals surface area contributed by atoms with Crippen LogP contribution in [-0.4, -0.2) is 36.1 Å². The molecule has 0 saturated heterocycles. The first-order chi connectivity index (χ1) is 13.2. The average Bonchev–Trinajstić information content (AvgIpc) is 3.24. The Bertz CT molecular complexity index is 1070. The predicted molar refractivity (Wildman–Crippen MR) is 99.6 cm³/mol. The maximum absolute atomic E-state index is 12.7. The number of nitrogens with one attached hydrogen (secondary N) is 1. The molecule has 0 bridgehead atoms. The SMILES string of the molecule is O=C(Nc1cnc(-c2ccccc2)nc1)c1cc(Cl)ccc1-n1cnnn1. The van der Waals surface area contributed by atoms with Crippen LogP contribution < -0.4 is 5.32 Å². The van der Waals surface area contributed by atoms with E-state index in [1.165, 1.54) is 11.0 Å². The summed E-state index contributed by atoms with van der Waals surface area (Å²) in [6, 6.07) is 14.5. The molecule has 1 amide bonds. The van der Waals surface area contributed by atoms with Gasteiger partial charge in [0.25, 0.3) is 5.91 Å². The van der Waals surface area contributed by atoms with Crippen LogP contribution in [0.2, 0.25) is 5.02 Å². The standard InChI is InChI=1S/C18H12ClN7O/c19-13-6-7-16(26-11-22-24-25-26)15(8-13)18(27)23-14-9-20-17(21-10-14)12-4-2-1-3-5-12/h1-11H,(H,23,27). The zero-order chi connectivity index (χ0) is 18.6. The molecule has 0 aliphatic rings. The van der Waals surface area contributed by atoms with Crippen LogP contribution in [0, 0.1) is 0 Å². The summed E-state index contributed by atoms with van der Waals surface area (Å²) in [5.74, 6) is 0.199. The van der Waals surface area contributed by atoms with Crippen LogP contribution in [0.4, 0.5) is 5.69 Å². The van der Waals surface area contributed by atoms with E-state index in [2.05, 4.69) is 30.8 Å². The molecule has 0 unspecified atom stereocenters. The number of tetrazole rings is 1. The zero-order valence-corrected chi connectivity index (χ0v) is 14.6. The maximum Gasteiger partial charge on any atom is 0.257 e. The van der Waals surface area contributed by atoms with Gasteiger partial charge in [-0.15, -0.1) is 5.10 Å². The van der Waals surface area contributed by atoms with Gasteiger partial charge in [0.05, 0.1) is 29.3 Å². The Morgan fingerprint density at radius 2 is 1.81 bits per heavy atom. The van der Waals surface area contributed by atoms with Crippen LogP contribution in [0.5, 0.6) is 0 Å². The molecular formula is C18H12ClN7O. The number of carbonyl (C=O) groups is 1. The van der Waals surface area contributed by atoms with Crippen LogP contribution in [0.1, 0.15) is 10.4 Å². The summed E-state index contributed by atoms with van der Waals surface area (Å²) in [5, 5.41) is 14.2. The van der Waals surface area contributed by atoms with E-state index in [9.17, 15) is 4.79 Å². The van der Waals surface area contributed by atoms with E-state index in [0.717, 1.165) is 5.56 Å². The third-order valence-corrected chi connectivity index (χ3v) is 3.98. The first-order valence-corrected chi connectivity index (χ1v) is 8.30. The number of anilines is 1. The summed E-state index contributed by atoms with van der Waals surface area (Å²) >= 11 is 6.05. The molecule has 2 heterocycles. The molecule has 4 rings (SSSR count). The van der Waals surface area contributed by atoms with Gasteiger partial charge in [0.2, 0.25) is 0 Å². The quantitative estimate of drug-likeness (QED) is 0.587. The van der Waals surface area contributed by atoms with Gasteiger partial charge in [-0.25, -0.2) is 9.97 Å². The van der Waals surface area contributed by atoms with Gasteiger partial charge in [0.1, 0.15) is 6.33 Å². The fourth-order valence-corrected chi connectivity index (χ4v) is 2.66. The fraction of sp³-hybridized carbons (Fsp3) is 0. The lowest BCUT2D eigenvalue weighted by Crippen LogP contribution is -2.16. The second kappa shape index (κ2) is 7.30. The van der Waals surface area contributed by atoms with Gasteiger partial charge >= 0.3 is 0 Å². The Balaban J connectivity index is 1.59. The van der Waals surface area contributed by atoms with E-state index in [1.807, 2.05) is 30.3 Å². The highest BCUT2D eigenvalue weighted by Gasteiger charge is 2.15. The lowest BCUT2D eigenvalue weighted by atomic mass is 10.1. The number of carbonyl (C=O) groups excluding carboxylic acids is 1. The van der Waals surface area contributed by atoms with Gasteiger partial charge in [-0.3, -0.25) is 4.79 Å². The molecule has 4 aromatic rings. The Morgan fingerprint density at radius 1 is 1.04 bits per heavy atom. The number of benzene rings is 2. The Morgan fingerprint density at radius 3 is 2.52 bits per heavy atom. The Hall–Kier alpha value is -3.65. The van der Waals surface area contributed by atoms with Crippen LogP contribution in [0.3, 0.4) is 0 Å². The molecule has 0 fully saturated rings. The third-order valence-electron chi connectivity index (χ3n) is 3.74. The lowest BCUT2D eigenvalue weighted by Gasteiger charge is -2.10. The molecule has 8 nitrogen and oxygen atoms in total. The molecule has 9 heteroatoms. The molecular weight excluding hydrogens is 366 g/mol. The van der Waals surface area contributed by atoms with Crippen molar-refractivity contribution in [2.24, 2.45) is 0 Å². The Labute approximate surface area is 158 Å². The molecule has 1 N–H and O–H groups in total. The summed E-state index contributed by atoms with van der Waals surface area (Å²) in [6.45, 7) is 0. The highest BCUT2D eigenvalue weighted by atomic mass is 35.5. The molecule has 0 saturated carbocycles. The maximum atomic E-state index is 12.7. The number of aromatic nitrogens is 6. The summed E-state index contributed by atoms with van der Waals surface area (Å²) in [7, 11) is 0. The summed E-state index contributed by atoms with van der Waals surface area (Å²) in [5.41, 5.74) is 2.18. The van der Waals surface area contributed by atoms with E-state index in [4.69, 9.17) is 11.6 Å². The van der Waals surface area contributed by atoms with Crippen molar-refractivity contribution < 1.29 is 4.79 Å². The van der Waals surface area contributed by atoms with Crippen molar-refractivity contribution in [2.45, 2.75) is 0 Å². The third kappa shape index (κ3) is 3.65. The number of hydrogen-bond donors (Lipinski definition) is 1. The number of amides is 1. The average molecular weight is 378 g/mol. The van der Waals surface area contributed by atoms with Gasteiger partial charge in [0, 0.05) is 10.6 Å². The van der Waals surface area contributed by atoms with Gasteiger partial charge < -0.3 is 5.32 Å². The van der Waals surface area contributed by atoms with Crippen molar-refractivity contribution >= 4 is 23.2 Å². The topological polar surface area (TPSA) is 98.5 Å². The first-order valence-electron chi connectivity index (χ1n) is 7.92. The van der Waals surface area contributed by atoms with Crippen LogP contribution in [-0.2, 0) is 0 Å². The van der Waals surface area contributed by atoms with Crippen molar-refractivity contribution in [2.75, 3.05) is 5.32 Å². The van der Waals surface area contributed by atoms with Gasteiger partial charge in [-0.05, 0) is 28.6 Å². The second-order valence-electron chi connectivity index (χ2n) is 5.53. The minimum atomic E-state index is -0.376. The molecule has 0 radical (unpaired) electrons. The largest absolute Gasteiger partial charge is 0.319 e. The second-order valence-corrected chi connectivity index (χ2v) is 5.97. The number of hydrogen-bond acceptors (Lipinski definition) is 6. The van der Waals surface area contributed by atoms with E-state index in [0.29, 0.717) is 27.8 Å². The minimum absolute atomic E-state index is 0.321. The van der Waals surface area contributed by atoms with E-state index in [1.54, 1.807) is 30.6 Å². The fourth-order valence-electron chi connectivity index (χ4n) is 2.49. The lowest BCUT2D eigenvalue weighted by molar-refractivity contribution is 0.102. The van der Waals surface area contributed by atoms with E-state index < -0.39 is 0 Å². The van der Waals surface area contributed by atoms with Crippen molar-refractivity contribution in [3.05, 3.63) is 77.8 Å². The van der Waals surface area contributed by atoms with Crippen molar-refractivity contribution in [1.29, 1.82) is 0 Å². The van der Waals surface area contributed by atoms with Crippen LogP contribution >= 0.6 is 11.6 Å². The summed E-state index contributed by atoms with van der Waals surface area (Å²) in [4.78, 5) is 21.3. The zero-order valence-electron chi connectivity index (χ0n) is 13.8. The molecule has 0 aliphatic carbocycles. The van der Waals surface area contributed by atoms with E-state index in [-0.39, 0.29) is 5.91 Å². The molecule has 27 heavy (non-hydrogen) atoms. The predicted octanol–water partition coefficient (Wildman–Crippen LogP) is 3.03. The highest BCUT2D eigenvalue weighted by Crippen LogP contribution is 2.21. The minimum Gasteiger partial charge on any atom is -0.319 e. The summed E-state index contributed by atoms with van der Waals surface area (Å²) in [6.07, 6.45) is 4.50. The molecule has 2 aromatic heterocycles. The van der Waals surface area contributed by atoms with Gasteiger partial charge in [-0.2, -0.15) is 4.68 Å². The Kier molecular flexibility index (Phi) is 4.54. The number of halogens is 1. The van der Waals surface area contributed by atoms with Gasteiger partial charge in [-0.1, -0.05) is 41.9 Å².